The van der Waals surface area contributed by atoms with Gasteiger partial charge in [-0.3, -0.25) is 4.79 Å². The maximum Gasteiger partial charge on any atom is 0.334 e. The number of hydrogen-bond acceptors (Lipinski definition) is 5. The lowest BCUT2D eigenvalue weighted by Crippen LogP contribution is -2.52. The molecule has 1 fully saturated rings. The number of carbonyl (C=O) groups excluding carboxylic acids is 1. The first-order valence-electron chi connectivity index (χ1n) is 7.70. The van der Waals surface area contributed by atoms with E-state index in [9.17, 15) is 18.0 Å². The monoisotopic (exact) mass is 355 g/mol. The number of carboxylic acids is 1. The molecule has 2 atom stereocenters. The minimum Gasteiger partial charge on any atom is -0.479 e. The molecular weight excluding hydrogens is 334 g/mol. The van der Waals surface area contributed by atoms with E-state index in [2.05, 4.69) is 0 Å². The quantitative estimate of drug-likeness (QED) is 0.835. The van der Waals surface area contributed by atoms with E-state index in [0.717, 1.165) is 0 Å². The number of amides is 1. The van der Waals surface area contributed by atoms with Crippen molar-refractivity contribution in [3.63, 3.8) is 0 Å². The Bertz CT molecular complexity index is 713. The first kappa shape index (κ1) is 18.4. The summed E-state index contributed by atoms with van der Waals surface area (Å²) in [5.41, 5.74) is 0.682. The van der Waals surface area contributed by atoms with Gasteiger partial charge in [0.25, 0.3) is 0 Å². The summed E-state index contributed by atoms with van der Waals surface area (Å²) >= 11 is 0. The molecule has 24 heavy (non-hydrogen) atoms. The molecule has 1 saturated heterocycles. The molecule has 1 aromatic carbocycles. The van der Waals surface area contributed by atoms with Crippen LogP contribution < -0.4 is 0 Å². The van der Waals surface area contributed by atoms with Gasteiger partial charge in [0.15, 0.2) is 15.9 Å². The highest BCUT2D eigenvalue weighted by molar-refractivity contribution is 7.91. The van der Waals surface area contributed by atoms with Crippen LogP contribution in [0.4, 0.5) is 0 Å². The fourth-order valence-electron chi connectivity index (χ4n) is 2.56. The molecule has 0 aliphatic carbocycles. The second-order valence-electron chi connectivity index (χ2n) is 5.80. The van der Waals surface area contributed by atoms with Gasteiger partial charge >= 0.3 is 5.97 Å². The Morgan fingerprint density at radius 3 is 2.42 bits per heavy atom. The Labute approximate surface area is 141 Å². The lowest BCUT2D eigenvalue weighted by Gasteiger charge is -2.35. The number of rotatable bonds is 5. The SMILES string of the molecule is CCS(=O)(=O)c1ccc(CC(=O)N2CC(C(=O)O)O[C@H](C)C2)cc1. The van der Waals surface area contributed by atoms with Crippen LogP contribution in [0.25, 0.3) is 0 Å². The van der Waals surface area contributed by atoms with E-state index in [0.29, 0.717) is 12.1 Å². The maximum absolute atomic E-state index is 12.4. The van der Waals surface area contributed by atoms with Crippen molar-refractivity contribution >= 4 is 21.7 Å². The van der Waals surface area contributed by atoms with Crippen molar-refractivity contribution in [2.45, 2.75) is 37.4 Å². The molecule has 0 bridgehead atoms. The van der Waals surface area contributed by atoms with E-state index < -0.39 is 21.9 Å². The first-order chi connectivity index (χ1) is 11.2. The van der Waals surface area contributed by atoms with Gasteiger partial charge in [-0.1, -0.05) is 19.1 Å². The zero-order valence-electron chi connectivity index (χ0n) is 13.6. The van der Waals surface area contributed by atoms with E-state index in [4.69, 9.17) is 9.84 Å². The molecule has 132 valence electrons. The minimum atomic E-state index is -3.27. The zero-order valence-corrected chi connectivity index (χ0v) is 14.5. The third-order valence-electron chi connectivity index (χ3n) is 3.91. The minimum absolute atomic E-state index is 0.0147. The molecule has 1 N–H and O–H groups in total. The Balaban J connectivity index is 2.05. The fourth-order valence-corrected chi connectivity index (χ4v) is 3.44. The number of ether oxygens (including phenoxy) is 1. The van der Waals surface area contributed by atoms with E-state index in [1.165, 1.54) is 17.0 Å². The molecule has 1 amide bonds. The number of sulfone groups is 1. The van der Waals surface area contributed by atoms with Crippen molar-refractivity contribution in [2.75, 3.05) is 18.8 Å². The highest BCUT2D eigenvalue weighted by atomic mass is 32.2. The van der Waals surface area contributed by atoms with Gasteiger partial charge in [-0.25, -0.2) is 13.2 Å². The molecule has 1 unspecified atom stereocenters. The molecular formula is C16H21NO6S. The lowest BCUT2D eigenvalue weighted by molar-refractivity contribution is -0.166. The normalized spacial score (nSPS) is 21.5. The number of carbonyl (C=O) groups is 2. The van der Waals surface area contributed by atoms with Gasteiger partial charge in [0.05, 0.1) is 29.7 Å². The van der Waals surface area contributed by atoms with Crippen LogP contribution in [-0.2, 0) is 30.6 Å². The van der Waals surface area contributed by atoms with E-state index in [-0.39, 0.29) is 35.6 Å². The summed E-state index contributed by atoms with van der Waals surface area (Å²) < 4.78 is 28.8. The maximum atomic E-state index is 12.4. The zero-order chi connectivity index (χ0) is 17.9. The third kappa shape index (κ3) is 4.33. The van der Waals surface area contributed by atoms with Crippen molar-refractivity contribution in [3.05, 3.63) is 29.8 Å². The van der Waals surface area contributed by atoms with Crippen molar-refractivity contribution in [1.82, 2.24) is 4.90 Å². The van der Waals surface area contributed by atoms with Crippen molar-refractivity contribution in [3.8, 4) is 0 Å². The Morgan fingerprint density at radius 2 is 1.88 bits per heavy atom. The molecule has 8 heteroatoms. The molecule has 0 saturated carbocycles. The summed E-state index contributed by atoms with van der Waals surface area (Å²) in [4.78, 5) is 25.1. The number of morpholine rings is 1. The van der Waals surface area contributed by atoms with Gasteiger partial charge < -0.3 is 14.7 Å². The average molecular weight is 355 g/mol. The number of aliphatic carboxylic acids is 1. The fraction of sp³-hybridized carbons (Fsp3) is 0.500. The van der Waals surface area contributed by atoms with Crippen LogP contribution in [0.15, 0.2) is 29.2 Å². The lowest BCUT2D eigenvalue weighted by atomic mass is 10.1. The number of benzene rings is 1. The highest BCUT2D eigenvalue weighted by Gasteiger charge is 2.32. The van der Waals surface area contributed by atoms with Gasteiger partial charge in [-0.05, 0) is 24.6 Å². The van der Waals surface area contributed by atoms with Gasteiger partial charge in [0.2, 0.25) is 5.91 Å². The topological polar surface area (TPSA) is 101 Å². The molecule has 1 aliphatic rings. The Hall–Kier alpha value is -1.93. The van der Waals surface area contributed by atoms with Crippen LogP contribution in [0.1, 0.15) is 19.4 Å². The average Bonchev–Trinajstić information content (AvgIpc) is 2.54. The summed E-state index contributed by atoms with van der Waals surface area (Å²) in [6.07, 6.45) is -1.28. The summed E-state index contributed by atoms with van der Waals surface area (Å²) in [5.74, 6) is -1.27. The summed E-state index contributed by atoms with van der Waals surface area (Å²) in [6.45, 7) is 3.65. The predicted octanol–water partition coefficient (Wildman–Crippen LogP) is 0.723. The Kier molecular flexibility index (Phi) is 5.61. The van der Waals surface area contributed by atoms with Gasteiger partial charge in [-0.2, -0.15) is 0 Å². The summed E-state index contributed by atoms with van der Waals surface area (Å²) in [5, 5.41) is 9.06. The van der Waals surface area contributed by atoms with Crippen LogP contribution in [-0.4, -0.2) is 61.4 Å². The molecule has 2 rings (SSSR count). The Morgan fingerprint density at radius 1 is 1.25 bits per heavy atom. The van der Waals surface area contributed by atoms with Crippen molar-refractivity contribution in [1.29, 1.82) is 0 Å². The van der Waals surface area contributed by atoms with Crippen LogP contribution in [0, 0.1) is 0 Å². The van der Waals surface area contributed by atoms with Gasteiger partial charge in [0.1, 0.15) is 0 Å². The smallest absolute Gasteiger partial charge is 0.334 e. The van der Waals surface area contributed by atoms with Crippen LogP contribution in [0.2, 0.25) is 0 Å². The first-order valence-corrected chi connectivity index (χ1v) is 9.36. The molecule has 0 radical (unpaired) electrons. The van der Waals surface area contributed by atoms with E-state index >= 15 is 0 Å². The molecule has 1 aromatic rings. The second kappa shape index (κ2) is 7.31. The highest BCUT2D eigenvalue weighted by Crippen LogP contribution is 2.16. The van der Waals surface area contributed by atoms with Gasteiger partial charge in [0, 0.05) is 6.54 Å². The second-order valence-corrected chi connectivity index (χ2v) is 8.07. The molecule has 1 aliphatic heterocycles. The van der Waals surface area contributed by atoms with E-state index in [1.807, 2.05) is 0 Å². The van der Waals surface area contributed by atoms with Crippen LogP contribution in [0.5, 0.6) is 0 Å². The summed E-state index contributed by atoms with van der Waals surface area (Å²) in [6, 6.07) is 6.20. The number of hydrogen-bond donors (Lipinski definition) is 1. The number of carboxylic acid groups (broad SMARTS) is 1. The number of nitrogens with zero attached hydrogens (tertiary/aromatic N) is 1. The largest absolute Gasteiger partial charge is 0.479 e. The van der Waals surface area contributed by atoms with Crippen molar-refractivity contribution in [2.24, 2.45) is 0 Å². The van der Waals surface area contributed by atoms with Crippen molar-refractivity contribution < 1.29 is 27.9 Å². The molecule has 7 nitrogen and oxygen atoms in total. The molecule has 0 spiro atoms. The molecule has 0 aromatic heterocycles. The van der Waals surface area contributed by atoms with E-state index in [1.54, 1.807) is 26.0 Å². The molecule has 1 heterocycles. The predicted molar refractivity (Wildman–Crippen MR) is 86.4 cm³/mol. The van der Waals surface area contributed by atoms with Gasteiger partial charge in [-0.15, -0.1) is 0 Å². The van der Waals surface area contributed by atoms with Crippen LogP contribution >= 0.6 is 0 Å². The standard InChI is InChI=1S/C16H21NO6S/c1-3-24(21,22)13-6-4-12(5-7-13)8-15(18)17-9-11(2)23-14(10-17)16(19)20/h4-7,11,14H,3,8-10H2,1-2H3,(H,19,20)/t11-,14?/m1/s1. The van der Waals surface area contributed by atoms with Crippen LogP contribution in [0.3, 0.4) is 0 Å². The summed E-state index contributed by atoms with van der Waals surface area (Å²) in [7, 11) is -3.27. The third-order valence-corrected chi connectivity index (χ3v) is 5.66.